The van der Waals surface area contributed by atoms with Crippen LogP contribution in [0.15, 0.2) is 36.4 Å². The molecule has 2 aromatic carbocycles. The first-order chi connectivity index (χ1) is 7.18. The van der Waals surface area contributed by atoms with E-state index in [2.05, 4.69) is 6.07 Å². The standard InChI is InChI=1S/C13H10ClO/c1-9-6-7-10(8-13(9)15)11-4-2-3-5-12(11)14/h2-4,6-8,15H,1H3. The van der Waals surface area contributed by atoms with E-state index in [1.807, 2.05) is 31.2 Å². The van der Waals surface area contributed by atoms with Gasteiger partial charge >= 0.3 is 0 Å². The third-order valence-electron chi connectivity index (χ3n) is 2.33. The minimum absolute atomic E-state index is 0.285. The molecule has 1 nitrogen and oxygen atoms in total. The average molecular weight is 218 g/mol. The number of hydrogen-bond donors (Lipinski definition) is 1. The molecule has 0 unspecified atom stereocenters. The van der Waals surface area contributed by atoms with Gasteiger partial charge in [-0.25, -0.2) is 0 Å². The van der Waals surface area contributed by atoms with E-state index in [1.165, 1.54) is 0 Å². The lowest BCUT2D eigenvalue weighted by molar-refractivity contribution is 0.471. The SMILES string of the molecule is Cc1ccc(-c2ccc[c]c2Cl)cc1O. The number of aryl methyl sites for hydroxylation is 1. The second-order valence-electron chi connectivity index (χ2n) is 3.40. The molecule has 2 heteroatoms. The Balaban J connectivity index is 2.55. The maximum Gasteiger partial charge on any atom is 0.119 e. The lowest BCUT2D eigenvalue weighted by Gasteiger charge is -2.05. The van der Waals surface area contributed by atoms with Gasteiger partial charge in [-0.05, 0) is 24.1 Å². The molecule has 2 aromatic rings. The van der Waals surface area contributed by atoms with Gasteiger partial charge in [0, 0.05) is 11.6 Å². The Morgan fingerprint density at radius 3 is 2.73 bits per heavy atom. The largest absolute Gasteiger partial charge is 0.508 e. The Morgan fingerprint density at radius 1 is 1.27 bits per heavy atom. The molecule has 0 aliphatic rings. The fourth-order valence-electron chi connectivity index (χ4n) is 1.42. The summed E-state index contributed by atoms with van der Waals surface area (Å²) in [7, 11) is 0. The Bertz CT molecular complexity index is 492. The van der Waals surface area contributed by atoms with Gasteiger partial charge in [0.25, 0.3) is 0 Å². The zero-order valence-corrected chi connectivity index (χ0v) is 9.05. The molecule has 0 bridgehead atoms. The van der Waals surface area contributed by atoms with E-state index in [0.717, 1.165) is 16.7 Å². The first-order valence-corrected chi connectivity index (χ1v) is 5.02. The van der Waals surface area contributed by atoms with Crippen LogP contribution in [0.3, 0.4) is 0 Å². The van der Waals surface area contributed by atoms with Gasteiger partial charge in [0.15, 0.2) is 0 Å². The normalized spacial score (nSPS) is 10.3. The highest BCUT2D eigenvalue weighted by atomic mass is 35.5. The fourth-order valence-corrected chi connectivity index (χ4v) is 1.65. The first-order valence-electron chi connectivity index (χ1n) is 4.64. The van der Waals surface area contributed by atoms with Gasteiger partial charge in [0.1, 0.15) is 5.75 Å². The van der Waals surface area contributed by atoms with E-state index < -0.39 is 0 Å². The number of hydrogen-bond acceptors (Lipinski definition) is 1. The van der Waals surface area contributed by atoms with Crippen LogP contribution in [-0.4, -0.2) is 5.11 Å². The van der Waals surface area contributed by atoms with Crippen molar-refractivity contribution in [3.63, 3.8) is 0 Å². The number of benzene rings is 2. The van der Waals surface area contributed by atoms with Crippen LogP contribution in [0.2, 0.25) is 5.02 Å². The van der Waals surface area contributed by atoms with Crippen molar-refractivity contribution < 1.29 is 5.11 Å². The third kappa shape index (κ3) is 1.97. The van der Waals surface area contributed by atoms with Crippen molar-refractivity contribution in [2.45, 2.75) is 6.92 Å². The zero-order valence-electron chi connectivity index (χ0n) is 8.29. The molecule has 15 heavy (non-hydrogen) atoms. The molecule has 1 N–H and O–H groups in total. The van der Waals surface area contributed by atoms with Crippen LogP contribution in [0.25, 0.3) is 11.1 Å². The van der Waals surface area contributed by atoms with Crippen LogP contribution >= 0.6 is 11.6 Å². The summed E-state index contributed by atoms with van der Waals surface area (Å²) in [5.74, 6) is 0.285. The summed E-state index contributed by atoms with van der Waals surface area (Å²) >= 11 is 6.01. The van der Waals surface area contributed by atoms with Crippen molar-refractivity contribution in [3.05, 3.63) is 53.1 Å². The molecule has 75 valence electrons. The van der Waals surface area contributed by atoms with Crippen LogP contribution in [0.1, 0.15) is 5.56 Å². The van der Waals surface area contributed by atoms with E-state index in [-0.39, 0.29) is 5.75 Å². The van der Waals surface area contributed by atoms with Crippen molar-refractivity contribution in [1.82, 2.24) is 0 Å². The van der Waals surface area contributed by atoms with E-state index in [1.54, 1.807) is 12.1 Å². The van der Waals surface area contributed by atoms with E-state index in [4.69, 9.17) is 11.6 Å². The summed E-state index contributed by atoms with van der Waals surface area (Å²) in [6, 6.07) is 14.0. The van der Waals surface area contributed by atoms with Gasteiger partial charge in [0.05, 0.1) is 5.02 Å². The number of halogens is 1. The lowest BCUT2D eigenvalue weighted by Crippen LogP contribution is -1.81. The van der Waals surface area contributed by atoms with Gasteiger partial charge in [-0.15, -0.1) is 0 Å². The summed E-state index contributed by atoms with van der Waals surface area (Å²) < 4.78 is 0. The van der Waals surface area contributed by atoms with E-state index >= 15 is 0 Å². The van der Waals surface area contributed by atoms with Crippen molar-refractivity contribution in [2.24, 2.45) is 0 Å². The van der Waals surface area contributed by atoms with E-state index in [0.29, 0.717) is 5.02 Å². The lowest BCUT2D eigenvalue weighted by atomic mass is 10.0. The number of phenols is 1. The maximum absolute atomic E-state index is 9.60. The summed E-state index contributed by atoms with van der Waals surface area (Å²) in [4.78, 5) is 0. The first kappa shape index (κ1) is 10.1. The zero-order chi connectivity index (χ0) is 10.8. The summed E-state index contributed by atoms with van der Waals surface area (Å²) in [5, 5.41) is 10.2. The molecule has 0 atom stereocenters. The third-order valence-corrected chi connectivity index (χ3v) is 2.64. The Labute approximate surface area is 94.0 Å². The van der Waals surface area contributed by atoms with Crippen LogP contribution in [0.4, 0.5) is 0 Å². The Morgan fingerprint density at radius 2 is 2.07 bits per heavy atom. The van der Waals surface area contributed by atoms with Crippen molar-refractivity contribution >= 4 is 11.6 Å². The summed E-state index contributed by atoms with van der Waals surface area (Å²) in [6.45, 7) is 1.86. The van der Waals surface area contributed by atoms with Gasteiger partial charge in [-0.3, -0.25) is 0 Å². The molecule has 0 saturated carbocycles. The van der Waals surface area contributed by atoms with Crippen molar-refractivity contribution in [3.8, 4) is 16.9 Å². The van der Waals surface area contributed by atoms with Gasteiger partial charge in [-0.2, -0.15) is 0 Å². The van der Waals surface area contributed by atoms with Gasteiger partial charge in [0.2, 0.25) is 0 Å². The summed E-state index contributed by atoms with van der Waals surface area (Å²) in [5.41, 5.74) is 2.64. The van der Waals surface area contributed by atoms with Crippen molar-refractivity contribution in [1.29, 1.82) is 0 Å². The highest BCUT2D eigenvalue weighted by molar-refractivity contribution is 6.33. The molecule has 0 fully saturated rings. The van der Waals surface area contributed by atoms with Crippen LogP contribution in [0.5, 0.6) is 5.75 Å². The monoisotopic (exact) mass is 217 g/mol. The van der Waals surface area contributed by atoms with E-state index in [9.17, 15) is 5.11 Å². The quantitative estimate of drug-likeness (QED) is 0.770. The molecule has 0 saturated heterocycles. The Kier molecular flexibility index (Phi) is 2.65. The minimum atomic E-state index is 0.285. The second kappa shape index (κ2) is 3.95. The highest BCUT2D eigenvalue weighted by Crippen LogP contribution is 2.30. The second-order valence-corrected chi connectivity index (χ2v) is 3.78. The van der Waals surface area contributed by atoms with Gasteiger partial charge < -0.3 is 5.11 Å². The maximum atomic E-state index is 9.60. The topological polar surface area (TPSA) is 20.2 Å². The molecule has 1 radical (unpaired) electrons. The fraction of sp³-hybridized carbons (Fsp3) is 0.0769. The predicted octanol–water partition coefficient (Wildman–Crippen LogP) is 3.82. The number of aromatic hydroxyl groups is 1. The van der Waals surface area contributed by atoms with Crippen molar-refractivity contribution in [2.75, 3.05) is 0 Å². The van der Waals surface area contributed by atoms with Gasteiger partial charge in [-0.1, -0.05) is 41.9 Å². The predicted molar refractivity (Wildman–Crippen MR) is 62.1 cm³/mol. The smallest absolute Gasteiger partial charge is 0.119 e. The molecule has 0 spiro atoms. The molecular weight excluding hydrogens is 208 g/mol. The minimum Gasteiger partial charge on any atom is -0.508 e. The molecule has 0 aliphatic heterocycles. The van der Waals surface area contributed by atoms with Crippen LogP contribution in [-0.2, 0) is 0 Å². The highest BCUT2D eigenvalue weighted by Gasteiger charge is 2.04. The van der Waals surface area contributed by atoms with Crippen LogP contribution < -0.4 is 0 Å². The molecule has 0 aliphatic carbocycles. The number of rotatable bonds is 1. The van der Waals surface area contributed by atoms with Crippen LogP contribution in [0, 0.1) is 13.0 Å². The molecule has 2 rings (SSSR count). The average Bonchev–Trinajstić information content (AvgIpc) is 2.23. The Hall–Kier alpha value is -1.47. The summed E-state index contributed by atoms with van der Waals surface area (Å²) in [6.07, 6.45) is 0. The number of phenolic OH excluding ortho intramolecular Hbond substituents is 1. The molecular formula is C13H10ClO. The molecule has 0 heterocycles. The molecule has 0 aromatic heterocycles. The molecule has 0 amide bonds.